The number of hydrogen-bond donors (Lipinski definition) is 0. The van der Waals surface area contributed by atoms with Gasteiger partial charge >= 0.3 is 5.63 Å². The lowest BCUT2D eigenvalue weighted by molar-refractivity contribution is 0.549. The Balaban J connectivity index is 2.29. The van der Waals surface area contributed by atoms with Gasteiger partial charge in [0.1, 0.15) is 5.58 Å². The van der Waals surface area contributed by atoms with E-state index in [0.29, 0.717) is 12.0 Å². The van der Waals surface area contributed by atoms with Crippen molar-refractivity contribution in [2.24, 2.45) is 0 Å². The van der Waals surface area contributed by atoms with Crippen LogP contribution in [0.3, 0.4) is 0 Å². The minimum atomic E-state index is -0.222. The van der Waals surface area contributed by atoms with Crippen molar-refractivity contribution in [1.82, 2.24) is 4.57 Å². The van der Waals surface area contributed by atoms with Crippen LogP contribution in [-0.2, 0) is 6.42 Å². The van der Waals surface area contributed by atoms with Crippen molar-refractivity contribution in [2.45, 2.75) is 34.1 Å². The van der Waals surface area contributed by atoms with E-state index in [2.05, 4.69) is 36.6 Å². The Hall–Kier alpha value is -2.29. The molecule has 0 aliphatic heterocycles. The summed E-state index contributed by atoms with van der Waals surface area (Å²) in [4.78, 5) is 12.0. The maximum Gasteiger partial charge on any atom is 0.339 e. The summed E-state index contributed by atoms with van der Waals surface area (Å²) < 4.78 is 7.67. The van der Waals surface area contributed by atoms with Crippen LogP contribution >= 0.6 is 0 Å². The highest BCUT2D eigenvalue weighted by Gasteiger charge is 2.11. The highest BCUT2D eigenvalue weighted by molar-refractivity contribution is 5.83. The summed E-state index contributed by atoms with van der Waals surface area (Å²) in [5.41, 5.74) is 5.57. The second kappa shape index (κ2) is 4.92. The van der Waals surface area contributed by atoms with E-state index in [1.54, 1.807) is 0 Å². The molecule has 3 nitrogen and oxygen atoms in total. The Morgan fingerprint density at radius 1 is 1.05 bits per heavy atom. The number of hydrogen-bond acceptors (Lipinski definition) is 2. The Bertz CT molecular complexity index is 865. The quantitative estimate of drug-likeness (QED) is 0.664. The zero-order valence-corrected chi connectivity index (χ0v) is 12.9. The summed E-state index contributed by atoms with van der Waals surface area (Å²) >= 11 is 0. The zero-order chi connectivity index (χ0) is 15.1. The van der Waals surface area contributed by atoms with Gasteiger partial charge in [0.25, 0.3) is 0 Å². The van der Waals surface area contributed by atoms with Gasteiger partial charge in [0.05, 0.1) is 0 Å². The fraction of sp³-hybridized carbons (Fsp3) is 0.278. The van der Waals surface area contributed by atoms with Crippen LogP contribution in [0.5, 0.6) is 0 Å². The van der Waals surface area contributed by atoms with E-state index in [-0.39, 0.29) is 5.63 Å². The lowest BCUT2D eigenvalue weighted by Gasteiger charge is -2.11. The van der Waals surface area contributed by atoms with Crippen molar-refractivity contribution >= 4 is 11.0 Å². The third-order valence-corrected chi connectivity index (χ3v) is 4.15. The van der Waals surface area contributed by atoms with E-state index >= 15 is 0 Å². The molecule has 0 saturated heterocycles. The van der Waals surface area contributed by atoms with E-state index in [9.17, 15) is 4.79 Å². The first kappa shape index (κ1) is 13.7. The van der Waals surface area contributed by atoms with E-state index in [1.807, 2.05) is 26.0 Å². The summed E-state index contributed by atoms with van der Waals surface area (Å²) in [5.74, 6) is 0. The van der Waals surface area contributed by atoms with Gasteiger partial charge in [-0.1, -0.05) is 6.92 Å². The molecule has 0 amide bonds. The molecule has 3 rings (SSSR count). The van der Waals surface area contributed by atoms with Gasteiger partial charge in [-0.2, -0.15) is 0 Å². The number of fused-ring (bicyclic) bond motifs is 1. The highest BCUT2D eigenvalue weighted by atomic mass is 16.4. The molecule has 0 unspecified atom stereocenters. The molecule has 21 heavy (non-hydrogen) atoms. The van der Waals surface area contributed by atoms with Crippen molar-refractivity contribution in [3.63, 3.8) is 0 Å². The van der Waals surface area contributed by atoms with Crippen LogP contribution in [0.1, 0.15) is 29.4 Å². The second-order valence-corrected chi connectivity index (χ2v) is 5.48. The molecule has 0 saturated carbocycles. The predicted molar refractivity (Wildman–Crippen MR) is 85.4 cm³/mol. The average Bonchev–Trinajstić information content (AvgIpc) is 2.78. The fourth-order valence-electron chi connectivity index (χ4n) is 3.01. The van der Waals surface area contributed by atoms with Crippen molar-refractivity contribution in [3.05, 3.63) is 63.3 Å². The van der Waals surface area contributed by atoms with Crippen LogP contribution < -0.4 is 5.63 Å². The van der Waals surface area contributed by atoms with Crippen molar-refractivity contribution in [2.75, 3.05) is 0 Å². The minimum absolute atomic E-state index is 0.222. The number of aromatic nitrogens is 1. The van der Waals surface area contributed by atoms with Crippen LogP contribution in [-0.4, -0.2) is 4.57 Å². The summed E-state index contributed by atoms with van der Waals surface area (Å²) in [6.45, 7) is 8.10. The van der Waals surface area contributed by atoms with Crippen LogP contribution in [0, 0.1) is 20.8 Å². The van der Waals surface area contributed by atoms with Gasteiger partial charge in [-0.05, 0) is 57.0 Å². The lowest BCUT2D eigenvalue weighted by atomic mass is 10.0. The molecule has 0 aliphatic rings. The largest absolute Gasteiger partial charge is 0.422 e. The maximum atomic E-state index is 12.0. The first-order chi connectivity index (χ1) is 10.0. The number of benzene rings is 1. The van der Waals surface area contributed by atoms with E-state index in [0.717, 1.165) is 33.6 Å². The highest BCUT2D eigenvalue weighted by Crippen LogP contribution is 2.24. The Morgan fingerprint density at radius 3 is 2.33 bits per heavy atom. The molecular formula is C18H19NO2. The van der Waals surface area contributed by atoms with Gasteiger partial charge in [-0.15, -0.1) is 0 Å². The molecule has 108 valence electrons. The van der Waals surface area contributed by atoms with Gasteiger partial charge in [0.15, 0.2) is 0 Å². The van der Waals surface area contributed by atoms with E-state index in [1.165, 1.54) is 0 Å². The number of nitrogens with zero attached hydrogens (tertiary/aromatic N) is 1. The predicted octanol–water partition coefficient (Wildman–Crippen LogP) is 4.07. The van der Waals surface area contributed by atoms with Crippen molar-refractivity contribution in [3.8, 4) is 5.69 Å². The first-order valence-corrected chi connectivity index (χ1v) is 7.24. The molecule has 2 aromatic heterocycles. The molecule has 0 bridgehead atoms. The molecule has 0 spiro atoms. The Morgan fingerprint density at radius 2 is 1.71 bits per heavy atom. The topological polar surface area (TPSA) is 35.1 Å². The first-order valence-electron chi connectivity index (χ1n) is 7.24. The Labute approximate surface area is 123 Å². The monoisotopic (exact) mass is 281 g/mol. The number of rotatable bonds is 2. The molecule has 1 aromatic carbocycles. The lowest BCUT2D eigenvalue weighted by Crippen LogP contribution is -2.09. The maximum absolute atomic E-state index is 12.0. The molecule has 0 radical (unpaired) electrons. The van der Waals surface area contributed by atoms with Gasteiger partial charge in [0.2, 0.25) is 0 Å². The van der Waals surface area contributed by atoms with Gasteiger partial charge < -0.3 is 8.98 Å². The van der Waals surface area contributed by atoms with E-state index in [4.69, 9.17) is 4.42 Å². The van der Waals surface area contributed by atoms with Crippen LogP contribution in [0.2, 0.25) is 0 Å². The second-order valence-electron chi connectivity index (χ2n) is 5.48. The molecule has 3 heteroatoms. The SMILES string of the molecule is CCc1c(C)c2ccc(-n3c(C)ccc3C)cc2oc1=O. The third-order valence-electron chi connectivity index (χ3n) is 4.15. The number of aryl methyl sites for hydroxylation is 3. The van der Waals surface area contributed by atoms with Gasteiger partial charge in [-0.3, -0.25) is 0 Å². The van der Waals surface area contributed by atoms with Crippen LogP contribution in [0.4, 0.5) is 0 Å². The molecule has 0 fully saturated rings. The normalized spacial score (nSPS) is 11.2. The zero-order valence-electron chi connectivity index (χ0n) is 12.9. The molecular weight excluding hydrogens is 262 g/mol. The third kappa shape index (κ3) is 2.09. The van der Waals surface area contributed by atoms with E-state index < -0.39 is 0 Å². The average molecular weight is 281 g/mol. The summed E-state index contributed by atoms with van der Waals surface area (Å²) in [6, 6.07) is 10.2. The summed E-state index contributed by atoms with van der Waals surface area (Å²) in [5, 5.41) is 1.01. The van der Waals surface area contributed by atoms with Gasteiger partial charge in [-0.25, -0.2) is 4.79 Å². The summed E-state index contributed by atoms with van der Waals surface area (Å²) in [6.07, 6.45) is 0.696. The molecule has 3 aromatic rings. The smallest absolute Gasteiger partial charge is 0.339 e. The molecule has 0 N–H and O–H groups in total. The molecule has 0 atom stereocenters. The van der Waals surface area contributed by atoms with Crippen molar-refractivity contribution in [1.29, 1.82) is 0 Å². The molecule has 0 aliphatic carbocycles. The minimum Gasteiger partial charge on any atom is -0.422 e. The molecule has 2 heterocycles. The van der Waals surface area contributed by atoms with Crippen molar-refractivity contribution < 1.29 is 4.42 Å². The van der Waals surface area contributed by atoms with Gasteiger partial charge in [0, 0.05) is 34.1 Å². The standard InChI is InChI=1S/C18H19NO2/c1-5-15-13(4)16-9-8-14(10-17(16)21-18(15)20)19-11(2)6-7-12(19)3/h6-10H,5H2,1-4H3. The fourth-order valence-corrected chi connectivity index (χ4v) is 3.01. The summed E-state index contributed by atoms with van der Waals surface area (Å²) in [7, 11) is 0. The van der Waals surface area contributed by atoms with Crippen LogP contribution in [0.15, 0.2) is 39.5 Å². The van der Waals surface area contributed by atoms with Crippen LogP contribution in [0.25, 0.3) is 16.7 Å². The Kier molecular flexibility index (Phi) is 3.20.